The number of anilines is 1. The van der Waals surface area contributed by atoms with Gasteiger partial charge in [-0.3, -0.25) is 9.59 Å². The van der Waals surface area contributed by atoms with Gasteiger partial charge in [-0.2, -0.15) is 0 Å². The summed E-state index contributed by atoms with van der Waals surface area (Å²) in [5.74, 6) is 0.0829. The molecule has 0 saturated heterocycles. The monoisotopic (exact) mass is 472 g/mol. The summed E-state index contributed by atoms with van der Waals surface area (Å²) < 4.78 is 29.7. The lowest BCUT2D eigenvalue weighted by Crippen LogP contribution is -2.30. The molecule has 0 radical (unpaired) electrons. The van der Waals surface area contributed by atoms with Gasteiger partial charge in [0.05, 0.1) is 6.04 Å². The summed E-state index contributed by atoms with van der Waals surface area (Å²) in [5.41, 5.74) is 1.20. The minimum atomic E-state index is -0.504. The summed E-state index contributed by atoms with van der Waals surface area (Å²) in [7, 11) is 0. The third-order valence-corrected chi connectivity index (χ3v) is 5.54. The van der Waals surface area contributed by atoms with Crippen LogP contribution >= 0.6 is 11.3 Å². The zero-order chi connectivity index (χ0) is 23.2. The van der Waals surface area contributed by atoms with E-state index in [0.717, 1.165) is 16.9 Å². The number of nitrogens with zero attached hydrogens (tertiary/aromatic N) is 2. The van der Waals surface area contributed by atoms with Crippen molar-refractivity contribution in [2.45, 2.75) is 19.6 Å². The number of halogens is 1. The number of hydrogen-bond acceptors (Lipinski definition) is 8. The summed E-state index contributed by atoms with van der Waals surface area (Å²) in [6.45, 7) is 2.71. The van der Waals surface area contributed by atoms with Crippen molar-refractivity contribution in [3.05, 3.63) is 63.9 Å². The largest absolute Gasteiger partial charge is 0.486 e. The fraction of sp³-hybridized carbons (Fsp3) is 0.273. The van der Waals surface area contributed by atoms with E-state index in [4.69, 9.17) is 14.2 Å². The molecule has 4 rings (SSSR count). The van der Waals surface area contributed by atoms with Crippen LogP contribution in [0.2, 0.25) is 0 Å². The van der Waals surface area contributed by atoms with Gasteiger partial charge in [0.25, 0.3) is 5.91 Å². The van der Waals surface area contributed by atoms with E-state index in [1.165, 1.54) is 18.2 Å². The van der Waals surface area contributed by atoms with E-state index in [1.807, 2.05) is 25.1 Å². The van der Waals surface area contributed by atoms with Crippen molar-refractivity contribution in [3.8, 4) is 11.5 Å². The molecule has 0 unspecified atom stereocenters. The number of fused-ring (bicyclic) bond motifs is 1. The Morgan fingerprint density at radius 3 is 2.79 bits per heavy atom. The number of nitrogens with one attached hydrogen (secondary N) is 2. The molecule has 0 fully saturated rings. The van der Waals surface area contributed by atoms with Crippen LogP contribution < -0.4 is 20.1 Å². The van der Waals surface area contributed by atoms with Crippen LogP contribution in [0.15, 0.2) is 42.5 Å². The molecule has 2 heterocycles. The number of benzene rings is 2. The van der Waals surface area contributed by atoms with Gasteiger partial charge in [-0.15, -0.1) is 10.2 Å². The number of hydrogen-bond donors (Lipinski definition) is 2. The second kappa shape index (κ2) is 10.4. The summed E-state index contributed by atoms with van der Waals surface area (Å²) in [5, 5.41) is 13.7. The quantitative estimate of drug-likeness (QED) is 0.518. The number of ether oxygens (including phenoxy) is 3. The number of rotatable bonds is 8. The molecule has 0 spiro atoms. The first-order valence-electron chi connectivity index (χ1n) is 10.1. The van der Waals surface area contributed by atoms with Gasteiger partial charge in [-0.1, -0.05) is 23.5 Å². The minimum Gasteiger partial charge on any atom is -0.486 e. The maximum Gasteiger partial charge on any atom is 0.286 e. The van der Waals surface area contributed by atoms with Crippen molar-refractivity contribution >= 4 is 28.8 Å². The van der Waals surface area contributed by atoms with Crippen molar-refractivity contribution in [2.75, 3.05) is 25.1 Å². The van der Waals surface area contributed by atoms with E-state index in [9.17, 15) is 14.0 Å². The molecule has 33 heavy (non-hydrogen) atoms. The van der Waals surface area contributed by atoms with E-state index in [0.29, 0.717) is 35.4 Å². The molecule has 2 aromatic carbocycles. The van der Waals surface area contributed by atoms with Gasteiger partial charge in [0.15, 0.2) is 11.5 Å². The van der Waals surface area contributed by atoms with Gasteiger partial charge < -0.3 is 24.8 Å². The standard InChI is InChI=1S/C22H21FN4O5S/c1-13(14-5-6-17-18(9-14)32-8-7-31-17)24-19(28)11-30-12-20-26-27-22(33-20)21(29)25-16-4-2-3-15(23)10-16/h2-6,9-10,13H,7-8,11-12H2,1H3,(H,24,28)(H,25,29)/t13-/m1/s1. The average molecular weight is 472 g/mol. The van der Waals surface area contributed by atoms with Crippen LogP contribution in [0.1, 0.15) is 33.3 Å². The van der Waals surface area contributed by atoms with Crippen molar-refractivity contribution in [1.82, 2.24) is 15.5 Å². The topological polar surface area (TPSA) is 112 Å². The fourth-order valence-electron chi connectivity index (χ4n) is 3.08. The van der Waals surface area contributed by atoms with Gasteiger partial charge >= 0.3 is 0 Å². The lowest BCUT2D eigenvalue weighted by atomic mass is 10.1. The maximum absolute atomic E-state index is 13.2. The van der Waals surface area contributed by atoms with E-state index < -0.39 is 11.7 Å². The first-order chi connectivity index (χ1) is 16.0. The lowest BCUT2D eigenvalue weighted by Gasteiger charge is -2.21. The van der Waals surface area contributed by atoms with Crippen LogP contribution in [0, 0.1) is 5.82 Å². The predicted octanol–water partition coefficient (Wildman–Crippen LogP) is 3.09. The van der Waals surface area contributed by atoms with Crippen molar-refractivity contribution < 1.29 is 28.2 Å². The highest BCUT2D eigenvalue weighted by atomic mass is 32.1. The minimum absolute atomic E-state index is 0.0245. The fourth-order valence-corrected chi connectivity index (χ4v) is 3.75. The Kier molecular flexibility index (Phi) is 7.10. The Labute approximate surface area is 192 Å². The van der Waals surface area contributed by atoms with Gasteiger partial charge in [-0.05, 0) is 42.8 Å². The molecule has 0 saturated carbocycles. The highest BCUT2D eigenvalue weighted by molar-refractivity contribution is 7.13. The van der Waals surface area contributed by atoms with E-state index in [1.54, 1.807) is 6.07 Å². The molecular formula is C22H21FN4O5S. The van der Waals surface area contributed by atoms with Gasteiger partial charge in [-0.25, -0.2) is 4.39 Å². The number of carbonyl (C=O) groups excluding carboxylic acids is 2. The molecule has 2 N–H and O–H groups in total. The maximum atomic E-state index is 13.2. The molecule has 1 aliphatic heterocycles. The van der Waals surface area contributed by atoms with E-state index in [2.05, 4.69) is 20.8 Å². The van der Waals surface area contributed by atoms with Crippen LogP contribution in [0.5, 0.6) is 11.5 Å². The predicted molar refractivity (Wildman–Crippen MR) is 118 cm³/mol. The summed E-state index contributed by atoms with van der Waals surface area (Å²) in [4.78, 5) is 24.4. The SMILES string of the molecule is C[C@@H](NC(=O)COCc1nnc(C(=O)Nc2cccc(F)c2)s1)c1ccc2c(c1)OCCO2. The summed E-state index contributed by atoms with van der Waals surface area (Å²) in [6, 6.07) is 10.8. The lowest BCUT2D eigenvalue weighted by molar-refractivity contribution is -0.126. The zero-order valence-corrected chi connectivity index (χ0v) is 18.5. The second-order valence-corrected chi connectivity index (χ2v) is 8.21. The number of amides is 2. The smallest absolute Gasteiger partial charge is 0.286 e. The molecule has 1 aliphatic rings. The summed E-state index contributed by atoms with van der Waals surface area (Å²) in [6.07, 6.45) is 0. The molecule has 0 bridgehead atoms. The Hall–Kier alpha value is -3.57. The van der Waals surface area contributed by atoms with Crippen molar-refractivity contribution in [1.29, 1.82) is 0 Å². The average Bonchev–Trinajstić information content (AvgIpc) is 3.28. The van der Waals surface area contributed by atoms with Gasteiger partial charge in [0, 0.05) is 5.69 Å². The van der Waals surface area contributed by atoms with Crippen LogP contribution in [0.3, 0.4) is 0 Å². The summed E-state index contributed by atoms with van der Waals surface area (Å²) >= 11 is 1.03. The third-order valence-electron chi connectivity index (χ3n) is 4.65. The van der Waals surface area contributed by atoms with E-state index >= 15 is 0 Å². The Morgan fingerprint density at radius 1 is 1.15 bits per heavy atom. The highest BCUT2D eigenvalue weighted by Crippen LogP contribution is 2.32. The molecular weight excluding hydrogens is 451 g/mol. The first-order valence-corrected chi connectivity index (χ1v) is 11.0. The molecule has 3 aromatic rings. The van der Waals surface area contributed by atoms with Gasteiger partial charge in [0.2, 0.25) is 10.9 Å². The van der Waals surface area contributed by atoms with E-state index in [-0.39, 0.29) is 30.2 Å². The molecule has 11 heteroatoms. The normalized spacial score (nSPS) is 13.3. The van der Waals surface area contributed by atoms with Crippen LogP contribution in [-0.4, -0.2) is 41.8 Å². The molecule has 9 nitrogen and oxygen atoms in total. The Morgan fingerprint density at radius 2 is 1.97 bits per heavy atom. The molecule has 1 atom stereocenters. The van der Waals surface area contributed by atoms with Crippen molar-refractivity contribution in [3.63, 3.8) is 0 Å². The van der Waals surface area contributed by atoms with Crippen LogP contribution in [0.25, 0.3) is 0 Å². The van der Waals surface area contributed by atoms with Crippen LogP contribution in [-0.2, 0) is 16.1 Å². The van der Waals surface area contributed by atoms with Crippen molar-refractivity contribution in [2.24, 2.45) is 0 Å². The van der Waals surface area contributed by atoms with Gasteiger partial charge in [0.1, 0.15) is 37.3 Å². The number of carbonyl (C=O) groups is 2. The number of aromatic nitrogens is 2. The molecule has 0 aliphatic carbocycles. The third kappa shape index (κ3) is 6.02. The second-order valence-electron chi connectivity index (χ2n) is 7.15. The molecule has 2 amide bonds. The Balaban J connectivity index is 1.23. The molecule has 1 aromatic heterocycles. The van der Waals surface area contributed by atoms with Crippen LogP contribution in [0.4, 0.5) is 10.1 Å². The zero-order valence-electron chi connectivity index (χ0n) is 17.7. The molecule has 172 valence electrons. The highest BCUT2D eigenvalue weighted by Gasteiger charge is 2.17. The first kappa shape index (κ1) is 22.6. The Bertz CT molecular complexity index is 1160.